The van der Waals surface area contributed by atoms with Crippen LogP contribution in [-0.2, 0) is 4.79 Å². The first kappa shape index (κ1) is 19.3. The molecule has 0 radical (unpaired) electrons. The minimum Gasteiger partial charge on any atom is -0.342 e. The third-order valence-corrected chi connectivity index (χ3v) is 5.22. The third kappa shape index (κ3) is 5.45. The molecule has 6 heteroatoms. The SMILES string of the molecule is CNC1CCN(C(=O)C(C)CSc2ccc(F)cc2)CC1.Cl. The predicted octanol–water partition coefficient (Wildman–Crippen LogP) is 3.19. The van der Waals surface area contributed by atoms with E-state index in [1.807, 2.05) is 18.9 Å². The number of hydrogen-bond acceptors (Lipinski definition) is 3. The fourth-order valence-electron chi connectivity index (χ4n) is 2.52. The molecule has 1 aliphatic heterocycles. The molecule has 1 fully saturated rings. The zero-order chi connectivity index (χ0) is 15.2. The zero-order valence-corrected chi connectivity index (χ0v) is 14.7. The van der Waals surface area contributed by atoms with Gasteiger partial charge in [0.2, 0.25) is 5.91 Å². The number of thioether (sulfide) groups is 1. The maximum atomic E-state index is 12.8. The fourth-order valence-corrected chi connectivity index (χ4v) is 3.44. The molecular formula is C16H24ClFN2OS. The second-order valence-electron chi connectivity index (χ2n) is 5.55. The van der Waals surface area contributed by atoms with E-state index in [0.29, 0.717) is 6.04 Å². The van der Waals surface area contributed by atoms with Gasteiger partial charge in [-0.1, -0.05) is 6.92 Å². The first-order chi connectivity index (χ1) is 10.1. The molecule has 1 aliphatic rings. The van der Waals surface area contributed by atoms with Crippen molar-refractivity contribution in [2.45, 2.75) is 30.7 Å². The Morgan fingerprint density at radius 2 is 1.95 bits per heavy atom. The van der Waals surface area contributed by atoms with Gasteiger partial charge in [0, 0.05) is 35.7 Å². The molecular weight excluding hydrogens is 323 g/mol. The van der Waals surface area contributed by atoms with E-state index in [4.69, 9.17) is 0 Å². The molecule has 0 aliphatic carbocycles. The predicted molar refractivity (Wildman–Crippen MR) is 92.2 cm³/mol. The van der Waals surface area contributed by atoms with E-state index < -0.39 is 0 Å². The molecule has 1 unspecified atom stereocenters. The fraction of sp³-hybridized carbons (Fsp3) is 0.562. The van der Waals surface area contributed by atoms with E-state index in [9.17, 15) is 9.18 Å². The number of rotatable bonds is 5. The van der Waals surface area contributed by atoms with E-state index in [0.717, 1.165) is 36.6 Å². The topological polar surface area (TPSA) is 32.3 Å². The lowest BCUT2D eigenvalue weighted by Gasteiger charge is -2.33. The number of carbonyl (C=O) groups excluding carboxylic acids is 1. The highest BCUT2D eigenvalue weighted by Crippen LogP contribution is 2.22. The zero-order valence-electron chi connectivity index (χ0n) is 13.0. The standard InChI is InChI=1S/C16H23FN2OS.ClH/c1-12(11-21-15-5-3-13(17)4-6-15)16(20)19-9-7-14(18-2)8-10-19;/h3-6,12,14,18H,7-11H2,1-2H3;1H. The minimum absolute atomic E-state index is 0. The van der Waals surface area contributed by atoms with Gasteiger partial charge in [-0.25, -0.2) is 4.39 Å². The van der Waals surface area contributed by atoms with Crippen LogP contribution in [-0.4, -0.2) is 42.7 Å². The monoisotopic (exact) mass is 346 g/mol. The van der Waals surface area contributed by atoms with Crippen LogP contribution >= 0.6 is 24.2 Å². The molecule has 1 N–H and O–H groups in total. The molecule has 0 saturated carbocycles. The van der Waals surface area contributed by atoms with Gasteiger partial charge in [0.1, 0.15) is 5.82 Å². The van der Waals surface area contributed by atoms with Gasteiger partial charge in [0.25, 0.3) is 0 Å². The number of likely N-dealkylation sites (tertiary alicyclic amines) is 1. The lowest BCUT2D eigenvalue weighted by atomic mass is 10.0. The smallest absolute Gasteiger partial charge is 0.226 e. The molecule has 0 aromatic heterocycles. The van der Waals surface area contributed by atoms with E-state index in [2.05, 4.69) is 5.32 Å². The van der Waals surface area contributed by atoms with Crippen molar-refractivity contribution >= 4 is 30.1 Å². The van der Waals surface area contributed by atoms with Crippen LogP contribution in [0.1, 0.15) is 19.8 Å². The molecule has 1 atom stereocenters. The second kappa shape index (κ2) is 9.38. The van der Waals surface area contributed by atoms with Crippen LogP contribution in [0.25, 0.3) is 0 Å². The van der Waals surface area contributed by atoms with E-state index >= 15 is 0 Å². The average molecular weight is 347 g/mol. The normalized spacial score (nSPS) is 17.0. The van der Waals surface area contributed by atoms with Crippen LogP contribution in [0.15, 0.2) is 29.2 Å². The second-order valence-corrected chi connectivity index (χ2v) is 6.65. The number of nitrogens with one attached hydrogen (secondary N) is 1. The Morgan fingerprint density at radius 1 is 1.36 bits per heavy atom. The van der Waals surface area contributed by atoms with Crippen molar-refractivity contribution in [1.82, 2.24) is 10.2 Å². The molecule has 1 saturated heterocycles. The number of nitrogens with zero attached hydrogens (tertiary/aromatic N) is 1. The van der Waals surface area contributed by atoms with Crippen molar-refractivity contribution in [3.63, 3.8) is 0 Å². The highest BCUT2D eigenvalue weighted by molar-refractivity contribution is 7.99. The maximum Gasteiger partial charge on any atom is 0.226 e. The van der Waals surface area contributed by atoms with E-state index in [1.54, 1.807) is 23.9 Å². The van der Waals surface area contributed by atoms with Crippen LogP contribution in [0.4, 0.5) is 4.39 Å². The number of carbonyl (C=O) groups is 1. The molecule has 1 heterocycles. The first-order valence-electron chi connectivity index (χ1n) is 7.44. The molecule has 2 rings (SSSR count). The largest absolute Gasteiger partial charge is 0.342 e. The molecule has 22 heavy (non-hydrogen) atoms. The summed E-state index contributed by atoms with van der Waals surface area (Å²) in [7, 11) is 1.98. The summed E-state index contributed by atoms with van der Waals surface area (Å²) in [5, 5.41) is 3.27. The van der Waals surface area contributed by atoms with Crippen molar-refractivity contribution in [1.29, 1.82) is 0 Å². The van der Waals surface area contributed by atoms with Crippen LogP contribution < -0.4 is 5.32 Å². The summed E-state index contributed by atoms with van der Waals surface area (Å²) in [5.74, 6) is 0.734. The van der Waals surface area contributed by atoms with Crippen molar-refractivity contribution < 1.29 is 9.18 Å². The number of benzene rings is 1. The number of amides is 1. The highest BCUT2D eigenvalue weighted by atomic mass is 35.5. The van der Waals surface area contributed by atoms with Gasteiger partial charge in [-0.15, -0.1) is 24.2 Å². The van der Waals surface area contributed by atoms with E-state index in [1.165, 1.54) is 12.1 Å². The molecule has 1 aromatic rings. The minimum atomic E-state index is -0.226. The van der Waals surface area contributed by atoms with Crippen molar-refractivity contribution in [3.8, 4) is 0 Å². The Bertz CT molecular complexity index is 464. The molecule has 1 amide bonds. The summed E-state index contributed by atoms with van der Waals surface area (Å²) in [4.78, 5) is 15.4. The molecule has 0 spiro atoms. The van der Waals surface area contributed by atoms with Crippen molar-refractivity contribution in [2.24, 2.45) is 5.92 Å². The highest BCUT2D eigenvalue weighted by Gasteiger charge is 2.25. The van der Waals surface area contributed by atoms with Gasteiger partial charge in [-0.3, -0.25) is 4.79 Å². The third-order valence-electron chi connectivity index (χ3n) is 3.95. The van der Waals surface area contributed by atoms with Crippen LogP contribution in [0.5, 0.6) is 0 Å². The summed E-state index contributed by atoms with van der Waals surface area (Å²) in [6, 6.07) is 6.97. The molecule has 0 bridgehead atoms. The summed E-state index contributed by atoms with van der Waals surface area (Å²) in [5.41, 5.74) is 0. The Labute approximate surface area is 142 Å². The molecule has 124 valence electrons. The number of halogens is 2. The first-order valence-corrected chi connectivity index (χ1v) is 8.43. The average Bonchev–Trinajstić information content (AvgIpc) is 2.53. The Morgan fingerprint density at radius 3 is 2.50 bits per heavy atom. The Hall–Kier alpha value is -0.780. The summed E-state index contributed by atoms with van der Waals surface area (Å²) in [6.07, 6.45) is 2.06. The van der Waals surface area contributed by atoms with Gasteiger partial charge in [0.05, 0.1) is 0 Å². The summed E-state index contributed by atoms with van der Waals surface area (Å²) in [6.45, 7) is 3.66. The van der Waals surface area contributed by atoms with Crippen LogP contribution in [0.3, 0.4) is 0 Å². The summed E-state index contributed by atoms with van der Waals surface area (Å²) < 4.78 is 12.8. The molecule has 1 aromatic carbocycles. The van der Waals surface area contributed by atoms with Gasteiger partial charge in [0.15, 0.2) is 0 Å². The lowest BCUT2D eigenvalue weighted by Crippen LogP contribution is -2.46. The molecule has 3 nitrogen and oxygen atoms in total. The van der Waals surface area contributed by atoms with Gasteiger partial charge < -0.3 is 10.2 Å². The van der Waals surface area contributed by atoms with Gasteiger partial charge in [-0.05, 0) is 44.2 Å². The lowest BCUT2D eigenvalue weighted by molar-refractivity contribution is -0.135. The van der Waals surface area contributed by atoms with Gasteiger partial charge >= 0.3 is 0 Å². The maximum absolute atomic E-state index is 12.8. The number of piperidine rings is 1. The quantitative estimate of drug-likeness (QED) is 0.831. The Balaban J connectivity index is 0.00000242. The summed E-state index contributed by atoms with van der Waals surface area (Å²) >= 11 is 1.61. The number of hydrogen-bond donors (Lipinski definition) is 1. The van der Waals surface area contributed by atoms with Gasteiger partial charge in [-0.2, -0.15) is 0 Å². The van der Waals surface area contributed by atoms with Crippen molar-refractivity contribution in [2.75, 3.05) is 25.9 Å². The van der Waals surface area contributed by atoms with Crippen LogP contribution in [0, 0.1) is 11.7 Å². The van der Waals surface area contributed by atoms with E-state index in [-0.39, 0.29) is 30.0 Å². The van der Waals surface area contributed by atoms with Crippen molar-refractivity contribution in [3.05, 3.63) is 30.1 Å². The Kier molecular flexibility index (Phi) is 8.21. The van der Waals surface area contributed by atoms with Crippen LogP contribution in [0.2, 0.25) is 0 Å².